The number of benzene rings is 1. The predicted molar refractivity (Wildman–Crippen MR) is 91.7 cm³/mol. The minimum Gasteiger partial charge on any atom is -0.309 e. The maximum Gasteiger partial charge on any atom is 0.0475 e. The highest BCUT2D eigenvalue weighted by atomic mass is 15.3. The Hall–Kier alpha value is -0.860. The topological polar surface area (TPSA) is 15.3 Å². The molecule has 0 saturated carbocycles. The van der Waals surface area contributed by atoms with Crippen LogP contribution in [-0.4, -0.2) is 29.6 Å². The van der Waals surface area contributed by atoms with Crippen molar-refractivity contribution < 1.29 is 0 Å². The van der Waals surface area contributed by atoms with E-state index in [1.54, 1.807) is 0 Å². The van der Waals surface area contributed by atoms with Gasteiger partial charge in [-0.15, -0.1) is 0 Å². The van der Waals surface area contributed by atoms with Gasteiger partial charge in [-0.1, -0.05) is 36.8 Å². The molecule has 1 aliphatic rings. The molecule has 0 amide bonds. The number of hydrogen-bond acceptors (Lipinski definition) is 2. The number of hydrogen-bond donors (Lipinski definition) is 1. The summed E-state index contributed by atoms with van der Waals surface area (Å²) in [6, 6.07) is 10.00. The number of rotatable bonds is 6. The highest BCUT2D eigenvalue weighted by Gasteiger charge is 2.37. The van der Waals surface area contributed by atoms with Crippen molar-refractivity contribution in [3.8, 4) is 0 Å². The van der Waals surface area contributed by atoms with Gasteiger partial charge in [-0.2, -0.15) is 0 Å². The van der Waals surface area contributed by atoms with Crippen LogP contribution in [0, 0.1) is 6.92 Å². The molecular weight excluding hydrogens is 256 g/mol. The summed E-state index contributed by atoms with van der Waals surface area (Å²) in [6.45, 7) is 13.9. The lowest BCUT2D eigenvalue weighted by Gasteiger charge is -2.41. The van der Waals surface area contributed by atoms with Crippen LogP contribution >= 0.6 is 0 Å². The fraction of sp³-hybridized carbons (Fsp3) is 0.684. The first-order valence-corrected chi connectivity index (χ1v) is 8.52. The molecule has 1 heterocycles. The first-order chi connectivity index (χ1) is 9.95. The largest absolute Gasteiger partial charge is 0.309 e. The monoisotopic (exact) mass is 288 g/mol. The van der Waals surface area contributed by atoms with Crippen LogP contribution in [0.25, 0.3) is 0 Å². The van der Waals surface area contributed by atoms with Crippen LogP contribution in [-0.2, 0) is 0 Å². The van der Waals surface area contributed by atoms with Gasteiger partial charge >= 0.3 is 0 Å². The molecule has 1 saturated heterocycles. The van der Waals surface area contributed by atoms with E-state index >= 15 is 0 Å². The summed E-state index contributed by atoms with van der Waals surface area (Å²) in [6.07, 6.45) is 3.82. The van der Waals surface area contributed by atoms with Gasteiger partial charge in [0.2, 0.25) is 0 Å². The second-order valence-corrected chi connectivity index (χ2v) is 7.19. The second-order valence-electron chi connectivity index (χ2n) is 7.19. The molecule has 1 aromatic rings. The number of nitrogens with zero attached hydrogens (tertiary/aromatic N) is 1. The van der Waals surface area contributed by atoms with Crippen molar-refractivity contribution in [1.82, 2.24) is 10.2 Å². The Bertz CT molecular complexity index is 435. The first-order valence-electron chi connectivity index (χ1n) is 8.52. The molecule has 0 spiro atoms. The standard InChI is InChI=1S/C19H32N2/c1-6-13-20-18(17-10-8-15(2)9-11-17)16(3)21-14-7-12-19(21,4)5/h8-11,16,18,20H,6-7,12-14H2,1-5H3. The fourth-order valence-electron chi connectivity index (χ4n) is 3.70. The molecule has 118 valence electrons. The zero-order chi connectivity index (χ0) is 15.5. The van der Waals surface area contributed by atoms with Crippen LogP contribution in [0.5, 0.6) is 0 Å². The molecule has 0 radical (unpaired) electrons. The molecule has 0 aliphatic carbocycles. The third-order valence-electron chi connectivity index (χ3n) is 4.99. The predicted octanol–water partition coefficient (Wildman–Crippen LogP) is 4.30. The van der Waals surface area contributed by atoms with Gasteiger partial charge in [0.15, 0.2) is 0 Å². The van der Waals surface area contributed by atoms with E-state index in [-0.39, 0.29) is 0 Å². The zero-order valence-electron chi connectivity index (χ0n) is 14.4. The van der Waals surface area contributed by atoms with Crippen LogP contribution < -0.4 is 5.32 Å². The van der Waals surface area contributed by atoms with E-state index in [0.717, 1.165) is 6.54 Å². The minimum atomic E-state index is 0.330. The molecule has 0 aromatic heterocycles. The molecule has 2 nitrogen and oxygen atoms in total. The van der Waals surface area contributed by atoms with E-state index in [0.29, 0.717) is 17.6 Å². The van der Waals surface area contributed by atoms with Crippen molar-refractivity contribution in [3.63, 3.8) is 0 Å². The maximum atomic E-state index is 3.78. The minimum absolute atomic E-state index is 0.330. The van der Waals surface area contributed by atoms with Gasteiger partial charge in [-0.25, -0.2) is 0 Å². The van der Waals surface area contributed by atoms with Crippen molar-refractivity contribution in [3.05, 3.63) is 35.4 Å². The molecule has 2 unspecified atom stereocenters. The third kappa shape index (κ3) is 3.87. The summed E-state index contributed by atoms with van der Waals surface area (Å²) < 4.78 is 0. The van der Waals surface area contributed by atoms with Crippen molar-refractivity contribution in [2.45, 2.75) is 71.5 Å². The fourth-order valence-corrected chi connectivity index (χ4v) is 3.70. The molecule has 2 atom stereocenters. The summed E-state index contributed by atoms with van der Waals surface area (Å²) in [7, 11) is 0. The molecule has 1 aliphatic heterocycles. The average molecular weight is 288 g/mol. The molecule has 21 heavy (non-hydrogen) atoms. The van der Waals surface area contributed by atoms with Crippen LogP contribution in [0.4, 0.5) is 0 Å². The van der Waals surface area contributed by atoms with E-state index in [2.05, 4.69) is 69.1 Å². The van der Waals surface area contributed by atoms with E-state index < -0.39 is 0 Å². The molecule has 0 bridgehead atoms. The lowest BCUT2D eigenvalue weighted by molar-refractivity contribution is 0.0988. The quantitative estimate of drug-likeness (QED) is 0.839. The van der Waals surface area contributed by atoms with Crippen molar-refractivity contribution in [1.29, 1.82) is 0 Å². The first kappa shape index (κ1) is 16.5. The SMILES string of the molecule is CCCNC(c1ccc(C)cc1)C(C)N1CCCC1(C)C. The number of aryl methyl sites for hydroxylation is 1. The lowest BCUT2D eigenvalue weighted by atomic mass is 9.94. The van der Waals surface area contributed by atoms with Gasteiger partial charge in [0.1, 0.15) is 0 Å². The normalized spacial score (nSPS) is 21.4. The van der Waals surface area contributed by atoms with Gasteiger partial charge < -0.3 is 5.32 Å². The summed E-state index contributed by atoms with van der Waals surface area (Å²) >= 11 is 0. The van der Waals surface area contributed by atoms with E-state index in [1.807, 2.05) is 0 Å². The Morgan fingerprint density at radius 1 is 1.24 bits per heavy atom. The Balaban J connectivity index is 2.20. The van der Waals surface area contributed by atoms with Crippen molar-refractivity contribution in [2.75, 3.05) is 13.1 Å². The molecule has 2 rings (SSSR count). The van der Waals surface area contributed by atoms with Crippen molar-refractivity contribution in [2.24, 2.45) is 0 Å². The van der Waals surface area contributed by atoms with E-state index in [9.17, 15) is 0 Å². The molecule has 1 aromatic carbocycles. The van der Waals surface area contributed by atoms with Crippen LogP contribution in [0.15, 0.2) is 24.3 Å². The number of likely N-dealkylation sites (tertiary alicyclic amines) is 1. The summed E-state index contributed by atoms with van der Waals surface area (Å²) in [5, 5.41) is 3.78. The van der Waals surface area contributed by atoms with Gasteiger partial charge in [-0.05, 0) is 65.6 Å². The van der Waals surface area contributed by atoms with Crippen LogP contribution in [0.2, 0.25) is 0 Å². The number of nitrogens with one attached hydrogen (secondary N) is 1. The van der Waals surface area contributed by atoms with Crippen molar-refractivity contribution >= 4 is 0 Å². The van der Waals surface area contributed by atoms with E-state index in [4.69, 9.17) is 0 Å². The Morgan fingerprint density at radius 3 is 2.43 bits per heavy atom. The molecule has 1 N–H and O–H groups in total. The maximum absolute atomic E-state index is 3.78. The smallest absolute Gasteiger partial charge is 0.0475 e. The van der Waals surface area contributed by atoms with Gasteiger partial charge in [0.25, 0.3) is 0 Å². The van der Waals surface area contributed by atoms with Gasteiger partial charge in [-0.3, -0.25) is 4.90 Å². The highest BCUT2D eigenvalue weighted by molar-refractivity contribution is 5.25. The average Bonchev–Trinajstić information content (AvgIpc) is 2.80. The van der Waals surface area contributed by atoms with Crippen LogP contribution in [0.3, 0.4) is 0 Å². The summed E-state index contributed by atoms with van der Waals surface area (Å²) in [5.74, 6) is 0. The second kappa shape index (κ2) is 6.93. The molecular formula is C19H32N2. The summed E-state index contributed by atoms with van der Waals surface area (Å²) in [5.41, 5.74) is 3.09. The Kier molecular flexibility index (Phi) is 5.45. The Labute approximate surface area is 130 Å². The Morgan fingerprint density at radius 2 is 1.90 bits per heavy atom. The molecule has 2 heteroatoms. The van der Waals surface area contributed by atoms with Gasteiger partial charge in [0.05, 0.1) is 0 Å². The van der Waals surface area contributed by atoms with E-state index in [1.165, 1.54) is 36.9 Å². The lowest BCUT2D eigenvalue weighted by Crippen LogP contribution is -2.49. The van der Waals surface area contributed by atoms with Crippen LogP contribution in [0.1, 0.15) is 64.1 Å². The highest BCUT2D eigenvalue weighted by Crippen LogP contribution is 2.34. The summed E-state index contributed by atoms with van der Waals surface area (Å²) in [4.78, 5) is 2.69. The third-order valence-corrected chi connectivity index (χ3v) is 4.99. The zero-order valence-corrected chi connectivity index (χ0v) is 14.4. The molecule has 1 fully saturated rings. The van der Waals surface area contributed by atoms with Gasteiger partial charge in [0, 0.05) is 17.6 Å².